The minimum atomic E-state index is -1.20. The lowest BCUT2D eigenvalue weighted by Crippen LogP contribution is -2.14. The van der Waals surface area contributed by atoms with Crippen molar-refractivity contribution in [2.75, 3.05) is 0 Å². The molecule has 0 atom stereocenters. The van der Waals surface area contributed by atoms with Crippen molar-refractivity contribution in [2.24, 2.45) is 0 Å². The lowest BCUT2D eigenvalue weighted by molar-refractivity contribution is 0.143. The molecule has 0 unspecified atom stereocenters. The molecule has 5 aromatic heterocycles. The molecule has 0 saturated carbocycles. The van der Waals surface area contributed by atoms with Crippen LogP contribution in [0.15, 0.2) is 60.7 Å². The van der Waals surface area contributed by atoms with Crippen LogP contribution in [-0.2, 0) is 64.2 Å². The van der Waals surface area contributed by atoms with E-state index in [1.165, 1.54) is 257 Å². The molecule has 12 heteroatoms. The van der Waals surface area contributed by atoms with Crippen LogP contribution in [-0.4, -0.2) is 71.3 Å². The second-order valence-electron chi connectivity index (χ2n) is 44.7. The Bertz CT molecular complexity index is 5800. The number of rotatable bonds is 70. The Balaban J connectivity index is 1.20. The molecular weight excluding hydrogens is 1830 g/mol. The molecule has 12 nitrogen and oxygen atoms in total. The molecule has 10 rings (SSSR count). The number of unbranched alkanes of at least 4 members (excludes halogenated alkanes) is 50. The number of nitrogens with zero attached hydrogens (tertiary/aromatic N) is 10. The normalized spacial score (nSPS) is 11.5. The molecule has 0 radical (unpaired) electrons. The second kappa shape index (κ2) is 70.4. The number of fused-ring (bicyclic) bond motifs is 5. The highest BCUT2D eigenvalue weighted by atomic mass is 16.3. The van der Waals surface area contributed by atoms with Crippen molar-refractivity contribution in [3.05, 3.63) is 173 Å². The minimum Gasteiger partial charge on any atom is -0.378 e. The second-order valence-corrected chi connectivity index (χ2v) is 44.7. The zero-order valence-electron chi connectivity index (χ0n) is 96.6. The number of aliphatic hydroxyl groups is 2. The van der Waals surface area contributed by atoms with Crippen LogP contribution in [0.4, 0.5) is 0 Å². The SMILES string of the molecule is CCCCCCCCc1nc2c(C#Cc3ccc(C#Cc4ccc(C#CC(C)(C)O)c5nc(CCCCCCCC)c(CCCCCCCC)nc45)c4nc(CCCCCCCC)c(CCCCCCCC)nc34)ccc(C#Cc3ccc(C#Cc4ccc(C#CC(C)(C)O)c5nc(CCCCCCCC)c(CCCCCCCC)nc45)c4nc(CCCCCCCC)c(CCCCCCCC)nc34)c2nc1CCCCCCCC. The molecule has 0 aliphatic rings. The van der Waals surface area contributed by atoms with Gasteiger partial charge in [-0.15, -0.1) is 0 Å². The van der Waals surface area contributed by atoms with Gasteiger partial charge in [-0.05, 0) is 217 Å². The number of hydrogen-bond acceptors (Lipinski definition) is 12. The summed E-state index contributed by atoms with van der Waals surface area (Å²) in [7, 11) is 0. The zero-order chi connectivity index (χ0) is 106. The first-order valence-corrected chi connectivity index (χ1v) is 61.6. The first-order chi connectivity index (χ1) is 73.4. The van der Waals surface area contributed by atoms with Crippen LogP contribution in [0.1, 0.15) is 595 Å². The number of hydrogen-bond donors (Lipinski definition) is 2. The van der Waals surface area contributed by atoms with Gasteiger partial charge in [-0.25, -0.2) is 49.8 Å². The summed E-state index contributed by atoms with van der Waals surface area (Å²) in [6.45, 7) is 29.9. The smallest absolute Gasteiger partial charge is 0.120 e. The van der Waals surface area contributed by atoms with Gasteiger partial charge in [-0.1, -0.05) is 461 Å². The van der Waals surface area contributed by atoms with Crippen molar-refractivity contribution < 1.29 is 10.2 Å². The highest BCUT2D eigenvalue weighted by Gasteiger charge is 2.24. The molecule has 0 aliphatic heterocycles. The van der Waals surface area contributed by atoms with Crippen LogP contribution < -0.4 is 0 Å². The van der Waals surface area contributed by atoms with Crippen LogP contribution >= 0.6 is 0 Å². The molecule has 0 amide bonds. The molecule has 2 N–H and O–H groups in total. The summed E-state index contributed by atoms with van der Waals surface area (Å²) in [5, 5.41) is 22.2. The van der Waals surface area contributed by atoms with Gasteiger partial charge in [0.05, 0.1) is 113 Å². The van der Waals surface area contributed by atoms with E-state index in [-0.39, 0.29) is 0 Å². The minimum absolute atomic E-state index is 0.735. The molecule has 0 spiro atoms. The number of benzene rings is 5. The Hall–Kier alpha value is -9.92. The maximum Gasteiger partial charge on any atom is 0.120 e. The Kier molecular flexibility index (Phi) is 57.2. The van der Waals surface area contributed by atoms with Crippen molar-refractivity contribution in [1.29, 1.82) is 0 Å². The third-order valence-corrected chi connectivity index (χ3v) is 29.9. The Morgan fingerprint density at radius 3 is 0.340 bits per heavy atom. The van der Waals surface area contributed by atoms with E-state index in [2.05, 4.69) is 189 Å². The van der Waals surface area contributed by atoms with Crippen LogP contribution in [0.25, 0.3) is 55.2 Å². The lowest BCUT2D eigenvalue weighted by atomic mass is 10.00. The Morgan fingerprint density at radius 1 is 0.147 bits per heavy atom. The van der Waals surface area contributed by atoms with E-state index in [4.69, 9.17) is 49.8 Å². The van der Waals surface area contributed by atoms with E-state index in [1.807, 2.05) is 12.1 Å². The molecule has 0 bridgehead atoms. The quantitative estimate of drug-likeness (QED) is 0.0274. The van der Waals surface area contributed by atoms with Gasteiger partial charge in [0, 0.05) is 0 Å². The third-order valence-electron chi connectivity index (χ3n) is 29.9. The van der Waals surface area contributed by atoms with E-state index in [1.54, 1.807) is 27.7 Å². The predicted octanol–water partition coefficient (Wildman–Crippen LogP) is 36.3. The van der Waals surface area contributed by atoms with Gasteiger partial charge in [-0.2, -0.15) is 0 Å². The number of aryl methyl sites for hydroxylation is 10. The molecule has 0 aliphatic carbocycles. The summed E-state index contributed by atoms with van der Waals surface area (Å²) in [6.07, 6.45) is 79.8. The largest absolute Gasteiger partial charge is 0.378 e. The summed E-state index contributed by atoms with van der Waals surface area (Å²) < 4.78 is 0. The molecule has 0 fully saturated rings. The molecule has 5 aromatic carbocycles. The summed E-state index contributed by atoms with van der Waals surface area (Å²) in [6, 6.07) is 21.0. The average molecular weight is 2030 g/mol. The van der Waals surface area contributed by atoms with Gasteiger partial charge in [0.15, 0.2) is 0 Å². The highest BCUT2D eigenvalue weighted by molar-refractivity contribution is 5.93. The summed E-state index contributed by atoms with van der Waals surface area (Å²) >= 11 is 0. The monoisotopic (exact) mass is 2020 g/mol. The van der Waals surface area contributed by atoms with Gasteiger partial charge >= 0.3 is 0 Å². The molecular formula is C138H194N10O2. The predicted molar refractivity (Wildman–Crippen MR) is 639 cm³/mol. The van der Waals surface area contributed by atoms with Crippen LogP contribution in [0.3, 0.4) is 0 Å². The van der Waals surface area contributed by atoms with Crippen molar-refractivity contribution >= 4 is 55.2 Å². The van der Waals surface area contributed by atoms with Gasteiger partial charge in [0.25, 0.3) is 0 Å². The van der Waals surface area contributed by atoms with Gasteiger partial charge < -0.3 is 10.2 Å². The van der Waals surface area contributed by atoms with Gasteiger partial charge in [0.1, 0.15) is 66.4 Å². The van der Waals surface area contributed by atoms with Crippen molar-refractivity contribution in [1.82, 2.24) is 49.8 Å². The maximum absolute atomic E-state index is 11.1. The first kappa shape index (κ1) is 122. The van der Waals surface area contributed by atoms with E-state index < -0.39 is 11.2 Å². The van der Waals surface area contributed by atoms with Crippen molar-refractivity contribution in [3.8, 4) is 71.0 Å². The van der Waals surface area contributed by atoms with Crippen molar-refractivity contribution in [2.45, 2.75) is 558 Å². The fourth-order valence-electron chi connectivity index (χ4n) is 20.7. The Labute approximate surface area is 911 Å². The molecule has 0 saturated heterocycles. The fraction of sp³-hybridized carbons (Fsp3) is 0.623. The topological polar surface area (TPSA) is 169 Å². The summed E-state index contributed by atoms with van der Waals surface area (Å²) in [5.41, 5.74) is 23.6. The highest BCUT2D eigenvalue weighted by Crippen LogP contribution is 2.34. The maximum atomic E-state index is 11.1. The summed E-state index contributed by atoms with van der Waals surface area (Å²) in [5.74, 6) is 43.3. The van der Waals surface area contributed by atoms with E-state index >= 15 is 0 Å². The van der Waals surface area contributed by atoms with Gasteiger partial charge in [0.2, 0.25) is 0 Å². The Morgan fingerprint density at radius 2 is 0.240 bits per heavy atom. The van der Waals surface area contributed by atoms with Crippen LogP contribution in [0, 0.1) is 71.0 Å². The third kappa shape index (κ3) is 42.5. The van der Waals surface area contributed by atoms with E-state index in [0.29, 0.717) is 0 Å². The lowest BCUT2D eigenvalue weighted by Gasteiger charge is -2.13. The number of aromatic nitrogens is 10. The van der Waals surface area contributed by atoms with Crippen LogP contribution in [0.5, 0.6) is 0 Å². The molecule has 10 aromatic rings. The fourth-order valence-corrected chi connectivity index (χ4v) is 20.7. The molecule has 808 valence electrons. The first-order valence-electron chi connectivity index (χ1n) is 61.6. The van der Waals surface area contributed by atoms with E-state index in [9.17, 15) is 10.2 Å². The molecule has 150 heavy (non-hydrogen) atoms. The molecule has 5 heterocycles. The van der Waals surface area contributed by atoms with Crippen molar-refractivity contribution in [3.63, 3.8) is 0 Å². The average Bonchev–Trinajstić information content (AvgIpc) is 0.788. The summed E-state index contributed by atoms with van der Waals surface area (Å²) in [4.78, 5) is 57.7. The van der Waals surface area contributed by atoms with Gasteiger partial charge in [-0.3, -0.25) is 0 Å². The van der Waals surface area contributed by atoms with Crippen LogP contribution in [0.2, 0.25) is 0 Å². The van der Waals surface area contributed by atoms with E-state index in [0.717, 1.165) is 360 Å². The standard InChI is InChI=1S/C138H194N10O2/c1-15-25-35-45-55-65-75-117-118(76-66-56-46-36-26-16-2)140-128-108(88-90-110-92-94-112(132-130(110)142-120(78-68-58-48-38-28-18-4)122(144-132)80-70-60-50-40-30-20-6)96-98-114-100-102-116(104-106-138(13,14)150)136-134(114)146-124(82-72-62-52-42-32-22-8)126(148-136)84-74-64-54-44-34-24-10)86-85-107(127(128)139-117)87-89-109-91-93-111(131-129(109)141-119(77-67-57-47-37-27-17-3)121(143-131)79-69-59-49-39-29-19-5)95-97-113-99-101-115(103-105-137(11,12)149)135-133(113)145-123(81-71-61-51-41-31-21-7)125(147-135)83-73-63-53-43-33-23-9/h85-86,91-94,99-102,149-150H,15-84H2,1-14H3. The zero-order valence-corrected chi connectivity index (χ0v) is 96.6.